The van der Waals surface area contributed by atoms with Gasteiger partial charge in [-0.05, 0) is 44.4 Å². The molecule has 0 heterocycles. The number of thiocarbonyl (C=S) groups is 1. The molecule has 0 N–H and O–H groups in total. The van der Waals surface area contributed by atoms with Crippen molar-refractivity contribution in [2.45, 2.75) is 32.8 Å². The minimum absolute atomic E-state index is 0.199. The maximum Gasteiger partial charge on any atom is 0.341 e. The van der Waals surface area contributed by atoms with Gasteiger partial charge in [-0.15, -0.1) is 0 Å². The van der Waals surface area contributed by atoms with E-state index in [1.165, 1.54) is 6.08 Å². The van der Waals surface area contributed by atoms with Crippen molar-refractivity contribution in [3.63, 3.8) is 0 Å². The normalized spacial score (nSPS) is 18.2. The van der Waals surface area contributed by atoms with Crippen molar-refractivity contribution in [3.8, 4) is 0 Å². The standard InChI is InChI=1S/C19H19FO3S/c1-19(2,3)23-18(22)14-10-16(24)15(11-21)13(17(14)20)9-12-7-5-4-6-8-12/h4-8,10-11,15H,9H2,1-3H3. The Labute approximate surface area is 146 Å². The van der Waals surface area contributed by atoms with Gasteiger partial charge in [0.15, 0.2) is 0 Å². The van der Waals surface area contributed by atoms with Gasteiger partial charge in [0.05, 0.1) is 11.5 Å². The van der Waals surface area contributed by atoms with Crippen LogP contribution in [-0.2, 0) is 20.7 Å². The van der Waals surface area contributed by atoms with Crippen molar-refractivity contribution in [2.24, 2.45) is 5.92 Å². The van der Waals surface area contributed by atoms with Crippen molar-refractivity contribution in [1.29, 1.82) is 0 Å². The van der Waals surface area contributed by atoms with Gasteiger partial charge in [-0.1, -0.05) is 42.5 Å². The first kappa shape index (κ1) is 18.2. The fourth-order valence-electron chi connectivity index (χ4n) is 2.41. The molecule has 3 nitrogen and oxygen atoms in total. The zero-order valence-corrected chi connectivity index (χ0v) is 14.7. The Hall–Kier alpha value is -2.14. The Kier molecular flexibility index (Phi) is 5.44. The fraction of sp³-hybridized carbons (Fsp3) is 0.316. The molecule has 0 spiro atoms. The molecule has 24 heavy (non-hydrogen) atoms. The Morgan fingerprint density at radius 2 is 1.92 bits per heavy atom. The first-order valence-electron chi connectivity index (χ1n) is 7.60. The molecule has 1 unspecified atom stereocenters. The molecule has 0 bridgehead atoms. The molecule has 0 fully saturated rings. The second-order valence-corrected chi connectivity index (χ2v) is 7.05. The van der Waals surface area contributed by atoms with E-state index in [4.69, 9.17) is 17.0 Å². The van der Waals surface area contributed by atoms with Crippen LogP contribution < -0.4 is 0 Å². The summed E-state index contributed by atoms with van der Waals surface area (Å²) in [6.45, 7) is 5.11. The number of esters is 1. The van der Waals surface area contributed by atoms with E-state index in [2.05, 4.69) is 0 Å². The summed E-state index contributed by atoms with van der Waals surface area (Å²) in [6.07, 6.45) is 2.05. The van der Waals surface area contributed by atoms with Crippen LogP contribution in [0.3, 0.4) is 0 Å². The van der Waals surface area contributed by atoms with Crippen LogP contribution >= 0.6 is 12.2 Å². The third-order valence-electron chi connectivity index (χ3n) is 3.48. The highest BCUT2D eigenvalue weighted by atomic mass is 32.1. The number of aldehydes is 1. The van der Waals surface area contributed by atoms with Gasteiger partial charge in [0.1, 0.15) is 17.7 Å². The second-order valence-electron chi connectivity index (χ2n) is 6.58. The number of hydrogen-bond acceptors (Lipinski definition) is 4. The maximum atomic E-state index is 14.9. The van der Waals surface area contributed by atoms with E-state index in [0.717, 1.165) is 5.56 Å². The minimum Gasteiger partial charge on any atom is -0.456 e. The first-order chi connectivity index (χ1) is 11.2. The van der Waals surface area contributed by atoms with Crippen molar-refractivity contribution in [1.82, 2.24) is 0 Å². The molecule has 0 radical (unpaired) electrons. The molecular formula is C19H19FO3S. The lowest BCUT2D eigenvalue weighted by Crippen LogP contribution is -2.29. The molecule has 0 aromatic heterocycles. The van der Waals surface area contributed by atoms with Crippen molar-refractivity contribution < 1.29 is 18.7 Å². The number of hydrogen-bond donors (Lipinski definition) is 0. The van der Waals surface area contributed by atoms with E-state index in [-0.39, 0.29) is 22.4 Å². The number of carbonyl (C=O) groups is 2. The molecule has 0 aliphatic heterocycles. The fourth-order valence-corrected chi connectivity index (χ4v) is 2.73. The largest absolute Gasteiger partial charge is 0.456 e. The highest BCUT2D eigenvalue weighted by Crippen LogP contribution is 2.32. The van der Waals surface area contributed by atoms with Gasteiger partial charge in [-0.3, -0.25) is 0 Å². The Morgan fingerprint density at radius 1 is 1.29 bits per heavy atom. The number of halogens is 1. The van der Waals surface area contributed by atoms with Crippen LogP contribution in [0.1, 0.15) is 26.3 Å². The van der Waals surface area contributed by atoms with Crippen LogP contribution in [0, 0.1) is 5.92 Å². The van der Waals surface area contributed by atoms with E-state index in [0.29, 0.717) is 6.29 Å². The number of benzene rings is 1. The molecule has 1 aliphatic carbocycles. The van der Waals surface area contributed by atoms with Gasteiger partial charge in [0.2, 0.25) is 0 Å². The quantitative estimate of drug-likeness (QED) is 0.471. The van der Waals surface area contributed by atoms with Crippen LogP contribution in [0.15, 0.2) is 53.4 Å². The van der Waals surface area contributed by atoms with Crippen molar-refractivity contribution in [3.05, 3.63) is 58.9 Å². The smallest absolute Gasteiger partial charge is 0.341 e. The summed E-state index contributed by atoms with van der Waals surface area (Å²) in [5.74, 6) is -2.34. The summed E-state index contributed by atoms with van der Waals surface area (Å²) in [4.78, 5) is 23.9. The van der Waals surface area contributed by atoms with E-state index in [9.17, 15) is 14.0 Å². The highest BCUT2D eigenvalue weighted by Gasteiger charge is 2.33. The van der Waals surface area contributed by atoms with Gasteiger partial charge >= 0.3 is 5.97 Å². The van der Waals surface area contributed by atoms with Gasteiger partial charge in [0, 0.05) is 4.86 Å². The lowest BCUT2D eigenvalue weighted by atomic mass is 9.84. The van der Waals surface area contributed by atoms with Gasteiger partial charge in [-0.25, -0.2) is 9.18 Å². The van der Waals surface area contributed by atoms with Crippen LogP contribution in [0.25, 0.3) is 0 Å². The number of ether oxygens (including phenoxy) is 1. The van der Waals surface area contributed by atoms with Gasteiger partial charge in [0.25, 0.3) is 0 Å². The minimum atomic E-state index is -0.841. The summed E-state index contributed by atoms with van der Waals surface area (Å²) in [5.41, 5.74) is 0.0623. The second kappa shape index (κ2) is 7.18. The van der Waals surface area contributed by atoms with Crippen LogP contribution in [0.5, 0.6) is 0 Å². The molecule has 0 saturated heterocycles. The molecule has 1 aliphatic rings. The molecule has 0 amide bonds. The summed E-state index contributed by atoms with van der Waals surface area (Å²) < 4.78 is 20.2. The Balaban J connectivity index is 2.41. The lowest BCUT2D eigenvalue weighted by molar-refractivity contribution is -0.149. The average Bonchev–Trinajstić information content (AvgIpc) is 2.50. The zero-order chi connectivity index (χ0) is 17.9. The third-order valence-corrected chi connectivity index (χ3v) is 3.85. The summed E-state index contributed by atoms with van der Waals surface area (Å²) in [6, 6.07) is 9.17. The summed E-state index contributed by atoms with van der Waals surface area (Å²) in [5, 5.41) is 0. The highest BCUT2D eigenvalue weighted by molar-refractivity contribution is 7.80. The van der Waals surface area contributed by atoms with Gasteiger partial charge < -0.3 is 9.53 Å². The van der Waals surface area contributed by atoms with E-state index >= 15 is 0 Å². The molecule has 0 saturated carbocycles. The Morgan fingerprint density at radius 3 is 2.46 bits per heavy atom. The van der Waals surface area contributed by atoms with E-state index in [1.54, 1.807) is 20.8 Å². The van der Waals surface area contributed by atoms with Crippen LogP contribution in [-0.4, -0.2) is 22.7 Å². The van der Waals surface area contributed by atoms with Crippen molar-refractivity contribution >= 4 is 29.3 Å². The predicted octanol–water partition coefficient (Wildman–Crippen LogP) is 3.92. The number of rotatable bonds is 4. The molecular weight excluding hydrogens is 327 g/mol. The molecule has 1 atom stereocenters. The summed E-state index contributed by atoms with van der Waals surface area (Å²) >= 11 is 5.19. The zero-order valence-electron chi connectivity index (χ0n) is 13.8. The van der Waals surface area contributed by atoms with Crippen molar-refractivity contribution in [2.75, 3.05) is 0 Å². The lowest BCUT2D eigenvalue weighted by Gasteiger charge is -2.25. The number of carbonyl (C=O) groups excluding carboxylic acids is 2. The summed E-state index contributed by atoms with van der Waals surface area (Å²) in [7, 11) is 0. The monoisotopic (exact) mass is 346 g/mol. The molecule has 126 valence electrons. The Bertz CT molecular complexity index is 727. The third kappa shape index (κ3) is 4.23. The predicted molar refractivity (Wildman–Crippen MR) is 94.4 cm³/mol. The molecule has 2 rings (SSSR count). The van der Waals surface area contributed by atoms with Gasteiger partial charge in [-0.2, -0.15) is 0 Å². The van der Waals surface area contributed by atoms with E-state index < -0.39 is 23.3 Å². The number of allylic oxidation sites excluding steroid dienone is 2. The van der Waals surface area contributed by atoms with Crippen LogP contribution in [0.2, 0.25) is 0 Å². The first-order valence-corrected chi connectivity index (χ1v) is 8.01. The molecule has 5 heteroatoms. The SMILES string of the molecule is CC(C)(C)OC(=O)C1=CC(=S)C(C=O)C(Cc2ccccc2)=C1F. The molecule has 1 aromatic carbocycles. The maximum absolute atomic E-state index is 14.9. The van der Waals surface area contributed by atoms with Crippen LogP contribution in [0.4, 0.5) is 4.39 Å². The average molecular weight is 346 g/mol. The van der Waals surface area contributed by atoms with E-state index in [1.807, 2.05) is 30.3 Å². The topological polar surface area (TPSA) is 43.4 Å². The molecule has 1 aromatic rings.